The smallest absolute Gasteiger partial charge is 0.319 e. The van der Waals surface area contributed by atoms with E-state index in [9.17, 15) is 4.79 Å². The second-order valence-electron chi connectivity index (χ2n) is 7.06. The molecule has 2 fully saturated rings. The molecule has 0 saturated carbocycles. The lowest BCUT2D eigenvalue weighted by Gasteiger charge is -2.39. The molecule has 3 rings (SSSR count). The number of anilines is 1. The summed E-state index contributed by atoms with van der Waals surface area (Å²) in [4.78, 5) is 14.7. The lowest BCUT2D eigenvalue weighted by atomic mass is 9.95. The molecule has 0 spiro atoms. The predicted octanol–water partition coefficient (Wildman–Crippen LogP) is 3.08. The maximum Gasteiger partial charge on any atom is 0.319 e. The molecule has 2 amide bonds. The highest BCUT2D eigenvalue weighted by Crippen LogP contribution is 2.20. The molecular formula is C19H31ClN4O. The highest BCUT2D eigenvalue weighted by atomic mass is 35.5. The van der Waals surface area contributed by atoms with Gasteiger partial charge in [0.15, 0.2) is 0 Å². The first kappa shape index (κ1) is 20.0. The lowest BCUT2D eigenvalue weighted by Crippen LogP contribution is -2.50. The molecule has 0 bridgehead atoms. The highest BCUT2D eigenvalue weighted by Gasteiger charge is 2.26. The van der Waals surface area contributed by atoms with Crippen molar-refractivity contribution in [1.29, 1.82) is 0 Å². The minimum atomic E-state index is -0.106. The highest BCUT2D eigenvalue weighted by molar-refractivity contribution is 5.89. The van der Waals surface area contributed by atoms with Crippen LogP contribution >= 0.6 is 12.4 Å². The average Bonchev–Trinajstić information content (AvgIpc) is 2.63. The number of para-hydroxylation sites is 1. The maximum absolute atomic E-state index is 12.1. The number of urea groups is 1. The molecule has 140 valence electrons. The fourth-order valence-electron chi connectivity index (χ4n) is 3.85. The molecule has 2 aliphatic rings. The Labute approximate surface area is 157 Å². The first-order chi connectivity index (χ1) is 11.8. The van der Waals surface area contributed by atoms with Crippen LogP contribution in [0.1, 0.15) is 32.1 Å². The van der Waals surface area contributed by atoms with E-state index in [0.717, 1.165) is 24.7 Å². The van der Waals surface area contributed by atoms with Gasteiger partial charge in [-0.2, -0.15) is 0 Å². The molecule has 2 saturated heterocycles. The van der Waals surface area contributed by atoms with Gasteiger partial charge in [-0.15, -0.1) is 12.4 Å². The van der Waals surface area contributed by atoms with Crippen molar-refractivity contribution in [2.75, 3.05) is 38.0 Å². The van der Waals surface area contributed by atoms with Crippen molar-refractivity contribution < 1.29 is 4.79 Å². The van der Waals surface area contributed by atoms with Gasteiger partial charge in [-0.05, 0) is 63.4 Å². The van der Waals surface area contributed by atoms with E-state index in [2.05, 4.69) is 20.9 Å². The van der Waals surface area contributed by atoms with Gasteiger partial charge >= 0.3 is 6.03 Å². The average molecular weight is 367 g/mol. The Hall–Kier alpha value is -1.30. The number of carbonyl (C=O) groups excluding carboxylic acids is 1. The van der Waals surface area contributed by atoms with Crippen molar-refractivity contribution in [3.63, 3.8) is 0 Å². The number of rotatable bonds is 5. The number of likely N-dealkylation sites (tertiary alicyclic amines) is 1. The summed E-state index contributed by atoms with van der Waals surface area (Å²) in [5.41, 5.74) is 0.837. The molecule has 0 aliphatic carbocycles. The minimum Gasteiger partial charge on any atom is -0.336 e. The van der Waals surface area contributed by atoms with Crippen LogP contribution in [0.3, 0.4) is 0 Å². The van der Waals surface area contributed by atoms with E-state index < -0.39 is 0 Å². The molecule has 25 heavy (non-hydrogen) atoms. The first-order valence-electron chi connectivity index (χ1n) is 9.36. The predicted molar refractivity (Wildman–Crippen MR) is 106 cm³/mol. The largest absolute Gasteiger partial charge is 0.336 e. The van der Waals surface area contributed by atoms with Crippen molar-refractivity contribution >= 4 is 24.1 Å². The Kier molecular flexibility index (Phi) is 8.52. The van der Waals surface area contributed by atoms with Gasteiger partial charge in [-0.3, -0.25) is 4.90 Å². The summed E-state index contributed by atoms with van der Waals surface area (Å²) in [6.45, 7) is 5.38. The molecule has 0 aromatic heterocycles. The molecule has 2 heterocycles. The molecule has 1 aromatic carbocycles. The molecule has 5 nitrogen and oxygen atoms in total. The van der Waals surface area contributed by atoms with Gasteiger partial charge in [0.25, 0.3) is 0 Å². The zero-order chi connectivity index (χ0) is 16.6. The van der Waals surface area contributed by atoms with E-state index in [-0.39, 0.29) is 18.4 Å². The molecule has 1 aromatic rings. The molecule has 2 aliphatic heterocycles. The Morgan fingerprint density at radius 2 is 2.00 bits per heavy atom. The Morgan fingerprint density at radius 3 is 2.76 bits per heavy atom. The van der Waals surface area contributed by atoms with Crippen LogP contribution in [0.25, 0.3) is 0 Å². The molecule has 0 radical (unpaired) electrons. The van der Waals surface area contributed by atoms with Crippen LogP contribution < -0.4 is 16.0 Å². The van der Waals surface area contributed by atoms with Gasteiger partial charge in [0.1, 0.15) is 0 Å². The lowest BCUT2D eigenvalue weighted by molar-refractivity contribution is 0.116. The van der Waals surface area contributed by atoms with Crippen LogP contribution in [-0.4, -0.2) is 49.7 Å². The summed E-state index contributed by atoms with van der Waals surface area (Å²) in [6.07, 6.45) is 6.36. The van der Waals surface area contributed by atoms with Gasteiger partial charge in [0.05, 0.1) is 0 Å². The van der Waals surface area contributed by atoms with E-state index in [0.29, 0.717) is 6.04 Å². The number of hydrogen-bond acceptors (Lipinski definition) is 3. The van der Waals surface area contributed by atoms with E-state index in [1.165, 1.54) is 51.7 Å². The number of nitrogens with one attached hydrogen (secondary N) is 3. The summed E-state index contributed by atoms with van der Waals surface area (Å²) in [7, 11) is 0. The second kappa shape index (κ2) is 10.6. The number of carbonyl (C=O) groups is 1. The monoisotopic (exact) mass is 366 g/mol. The fraction of sp³-hybridized carbons (Fsp3) is 0.632. The van der Waals surface area contributed by atoms with Gasteiger partial charge < -0.3 is 16.0 Å². The molecule has 2 atom stereocenters. The number of piperidine rings is 2. The molecule has 3 N–H and O–H groups in total. The third kappa shape index (κ3) is 6.49. The van der Waals surface area contributed by atoms with Gasteiger partial charge in [0.2, 0.25) is 0 Å². The maximum atomic E-state index is 12.1. The van der Waals surface area contributed by atoms with Crippen molar-refractivity contribution in [1.82, 2.24) is 15.5 Å². The molecular weight excluding hydrogens is 336 g/mol. The van der Waals surface area contributed by atoms with Gasteiger partial charge in [-0.1, -0.05) is 24.6 Å². The summed E-state index contributed by atoms with van der Waals surface area (Å²) >= 11 is 0. The number of amides is 2. The van der Waals surface area contributed by atoms with E-state index in [4.69, 9.17) is 0 Å². The summed E-state index contributed by atoms with van der Waals surface area (Å²) in [5.74, 6) is 0.762. The summed E-state index contributed by atoms with van der Waals surface area (Å²) in [6, 6.07) is 9.98. The number of halogens is 1. The Morgan fingerprint density at radius 1 is 1.16 bits per heavy atom. The standard InChI is InChI=1S/C19H30N4O.ClH/c24-19(22-17-8-2-1-3-9-17)21-14-18-10-4-5-12-23(18)15-16-7-6-11-20-13-16;/h1-3,8-9,16,18,20H,4-7,10-15H2,(H2,21,22,24);1H. The quantitative estimate of drug-likeness (QED) is 0.750. The van der Waals surface area contributed by atoms with Crippen LogP contribution in [0.5, 0.6) is 0 Å². The third-order valence-corrected chi connectivity index (χ3v) is 5.17. The Bertz CT molecular complexity index is 507. The van der Waals surface area contributed by atoms with Crippen molar-refractivity contribution in [2.45, 2.75) is 38.1 Å². The van der Waals surface area contributed by atoms with Gasteiger partial charge in [0, 0.05) is 24.8 Å². The first-order valence-corrected chi connectivity index (χ1v) is 9.36. The van der Waals surface area contributed by atoms with Gasteiger partial charge in [-0.25, -0.2) is 4.79 Å². The normalized spacial score (nSPS) is 24.2. The van der Waals surface area contributed by atoms with Crippen molar-refractivity contribution in [3.8, 4) is 0 Å². The van der Waals surface area contributed by atoms with Crippen molar-refractivity contribution in [2.24, 2.45) is 5.92 Å². The van der Waals surface area contributed by atoms with E-state index in [1.807, 2.05) is 30.3 Å². The number of nitrogens with zero attached hydrogens (tertiary/aromatic N) is 1. The zero-order valence-electron chi connectivity index (χ0n) is 14.9. The number of hydrogen-bond donors (Lipinski definition) is 3. The van der Waals surface area contributed by atoms with E-state index in [1.54, 1.807) is 0 Å². The summed E-state index contributed by atoms with van der Waals surface area (Å²) in [5, 5.41) is 9.47. The SMILES string of the molecule is Cl.O=C(NCC1CCCCN1CC1CCCNC1)Nc1ccccc1. The topological polar surface area (TPSA) is 56.4 Å². The van der Waals surface area contributed by atoms with Crippen LogP contribution in [0, 0.1) is 5.92 Å². The third-order valence-electron chi connectivity index (χ3n) is 5.17. The Balaban J connectivity index is 0.00000225. The zero-order valence-corrected chi connectivity index (χ0v) is 15.7. The number of benzene rings is 1. The van der Waals surface area contributed by atoms with Crippen LogP contribution in [-0.2, 0) is 0 Å². The molecule has 6 heteroatoms. The van der Waals surface area contributed by atoms with E-state index >= 15 is 0 Å². The van der Waals surface area contributed by atoms with Crippen LogP contribution in [0.4, 0.5) is 10.5 Å². The minimum absolute atomic E-state index is 0. The van der Waals surface area contributed by atoms with Crippen LogP contribution in [0.15, 0.2) is 30.3 Å². The molecule has 2 unspecified atom stereocenters. The fourth-order valence-corrected chi connectivity index (χ4v) is 3.85. The van der Waals surface area contributed by atoms with Crippen LogP contribution in [0.2, 0.25) is 0 Å². The van der Waals surface area contributed by atoms with Crippen molar-refractivity contribution in [3.05, 3.63) is 30.3 Å². The summed E-state index contributed by atoms with van der Waals surface area (Å²) < 4.78 is 0. The second-order valence-corrected chi connectivity index (χ2v) is 7.06.